The van der Waals surface area contributed by atoms with Crippen LogP contribution in [0.5, 0.6) is 5.75 Å². The molecule has 1 aromatic carbocycles. The number of ether oxygens (including phenoxy) is 1. The highest BCUT2D eigenvalue weighted by Crippen LogP contribution is 2.38. The third-order valence-corrected chi connectivity index (χ3v) is 3.74. The maximum atomic E-state index is 6.12. The van der Waals surface area contributed by atoms with Crippen molar-refractivity contribution < 1.29 is 4.74 Å². The SMILES string of the molecule is COc1cc(CC2(N)CC2)c(Br)cc1C. The van der Waals surface area contributed by atoms with Gasteiger partial charge in [0.05, 0.1) is 7.11 Å². The van der Waals surface area contributed by atoms with Crippen LogP contribution in [0.15, 0.2) is 16.6 Å². The van der Waals surface area contributed by atoms with Gasteiger partial charge in [-0.15, -0.1) is 0 Å². The van der Waals surface area contributed by atoms with Crippen LogP contribution in [-0.4, -0.2) is 12.6 Å². The highest BCUT2D eigenvalue weighted by atomic mass is 79.9. The molecule has 0 radical (unpaired) electrons. The van der Waals surface area contributed by atoms with Crippen molar-refractivity contribution in [3.8, 4) is 5.75 Å². The Bertz CT molecular complexity index is 385. The van der Waals surface area contributed by atoms with Gasteiger partial charge in [-0.2, -0.15) is 0 Å². The van der Waals surface area contributed by atoms with Crippen molar-refractivity contribution in [2.75, 3.05) is 7.11 Å². The minimum Gasteiger partial charge on any atom is -0.496 e. The van der Waals surface area contributed by atoms with Crippen LogP contribution in [0.4, 0.5) is 0 Å². The molecule has 0 amide bonds. The summed E-state index contributed by atoms with van der Waals surface area (Å²) in [7, 11) is 1.70. The molecule has 15 heavy (non-hydrogen) atoms. The van der Waals surface area contributed by atoms with Gasteiger partial charge in [0, 0.05) is 10.0 Å². The second-order valence-corrected chi connectivity index (χ2v) is 5.31. The standard InChI is InChI=1S/C12H16BrNO/c1-8-5-10(13)9(6-11(8)15-2)7-12(14)3-4-12/h5-6H,3-4,7,14H2,1-2H3. The Morgan fingerprint density at radius 2 is 2.13 bits per heavy atom. The largest absolute Gasteiger partial charge is 0.496 e. The average Bonchev–Trinajstić information content (AvgIpc) is 2.89. The van der Waals surface area contributed by atoms with E-state index in [1.54, 1.807) is 7.11 Å². The summed E-state index contributed by atoms with van der Waals surface area (Å²) in [4.78, 5) is 0. The van der Waals surface area contributed by atoms with Crippen LogP contribution in [-0.2, 0) is 6.42 Å². The Morgan fingerprint density at radius 1 is 1.47 bits per heavy atom. The van der Waals surface area contributed by atoms with Crippen LogP contribution >= 0.6 is 15.9 Å². The molecular formula is C12H16BrNO. The molecule has 1 saturated carbocycles. The predicted octanol–water partition coefficient (Wildman–Crippen LogP) is 2.80. The molecule has 1 fully saturated rings. The lowest BCUT2D eigenvalue weighted by molar-refractivity contribution is 0.410. The lowest BCUT2D eigenvalue weighted by Gasteiger charge is -2.13. The first-order valence-electron chi connectivity index (χ1n) is 5.16. The van der Waals surface area contributed by atoms with Gasteiger partial charge in [-0.3, -0.25) is 0 Å². The molecule has 1 aliphatic rings. The summed E-state index contributed by atoms with van der Waals surface area (Å²) in [5.74, 6) is 0.942. The van der Waals surface area contributed by atoms with Crippen molar-refractivity contribution >= 4 is 15.9 Å². The van der Waals surface area contributed by atoms with Crippen LogP contribution in [0.25, 0.3) is 0 Å². The summed E-state index contributed by atoms with van der Waals surface area (Å²) in [5, 5.41) is 0. The molecule has 1 aromatic rings. The summed E-state index contributed by atoms with van der Waals surface area (Å²) in [5.41, 5.74) is 8.56. The van der Waals surface area contributed by atoms with Gasteiger partial charge in [0.1, 0.15) is 5.75 Å². The number of halogens is 1. The molecule has 0 spiro atoms. The third kappa shape index (κ3) is 2.34. The van der Waals surface area contributed by atoms with Gasteiger partial charge in [-0.25, -0.2) is 0 Å². The van der Waals surface area contributed by atoms with E-state index in [9.17, 15) is 0 Å². The Hall–Kier alpha value is -0.540. The Morgan fingerprint density at radius 3 is 2.67 bits per heavy atom. The summed E-state index contributed by atoms with van der Waals surface area (Å²) < 4.78 is 6.45. The zero-order valence-electron chi connectivity index (χ0n) is 9.14. The van der Waals surface area contributed by atoms with Gasteiger partial charge in [-0.1, -0.05) is 15.9 Å². The van der Waals surface area contributed by atoms with Crippen LogP contribution in [0.2, 0.25) is 0 Å². The van der Waals surface area contributed by atoms with Crippen LogP contribution < -0.4 is 10.5 Å². The van der Waals surface area contributed by atoms with Crippen molar-refractivity contribution in [1.82, 2.24) is 0 Å². The molecular weight excluding hydrogens is 254 g/mol. The second-order valence-electron chi connectivity index (χ2n) is 4.45. The lowest BCUT2D eigenvalue weighted by Crippen LogP contribution is -2.24. The monoisotopic (exact) mass is 269 g/mol. The van der Waals surface area contributed by atoms with Gasteiger partial charge in [0.15, 0.2) is 0 Å². The molecule has 0 aliphatic heterocycles. The van der Waals surface area contributed by atoms with Crippen molar-refractivity contribution in [3.05, 3.63) is 27.7 Å². The molecule has 0 saturated heterocycles. The first kappa shape index (κ1) is 11.0. The Kier molecular flexibility index (Phi) is 2.77. The average molecular weight is 270 g/mol. The number of hydrogen-bond donors (Lipinski definition) is 1. The zero-order valence-corrected chi connectivity index (χ0v) is 10.7. The molecule has 0 unspecified atom stereocenters. The van der Waals surface area contributed by atoms with E-state index in [-0.39, 0.29) is 5.54 Å². The minimum absolute atomic E-state index is 0.0444. The molecule has 82 valence electrons. The number of aryl methyl sites for hydroxylation is 1. The fraction of sp³-hybridized carbons (Fsp3) is 0.500. The van der Waals surface area contributed by atoms with E-state index in [1.807, 2.05) is 6.92 Å². The van der Waals surface area contributed by atoms with Crippen molar-refractivity contribution in [1.29, 1.82) is 0 Å². The quantitative estimate of drug-likeness (QED) is 0.916. The first-order chi connectivity index (χ1) is 7.04. The summed E-state index contributed by atoms with van der Waals surface area (Å²) >= 11 is 3.58. The molecule has 0 bridgehead atoms. The summed E-state index contributed by atoms with van der Waals surface area (Å²) in [6.07, 6.45) is 3.20. The first-order valence-corrected chi connectivity index (χ1v) is 5.95. The Labute approximate surface area is 98.9 Å². The molecule has 2 nitrogen and oxygen atoms in total. The molecule has 2 N–H and O–H groups in total. The fourth-order valence-corrected chi connectivity index (χ4v) is 2.36. The van der Waals surface area contributed by atoms with Gasteiger partial charge in [0.25, 0.3) is 0 Å². The smallest absolute Gasteiger partial charge is 0.122 e. The van der Waals surface area contributed by atoms with E-state index in [4.69, 9.17) is 10.5 Å². The van der Waals surface area contributed by atoms with E-state index in [1.165, 1.54) is 5.56 Å². The van der Waals surface area contributed by atoms with Gasteiger partial charge >= 0.3 is 0 Å². The van der Waals surface area contributed by atoms with Crippen molar-refractivity contribution in [2.24, 2.45) is 5.73 Å². The van der Waals surface area contributed by atoms with E-state index >= 15 is 0 Å². The van der Waals surface area contributed by atoms with Crippen molar-refractivity contribution in [2.45, 2.75) is 31.7 Å². The topological polar surface area (TPSA) is 35.2 Å². The van der Waals surface area contributed by atoms with E-state index in [0.29, 0.717) is 0 Å². The minimum atomic E-state index is 0.0444. The maximum Gasteiger partial charge on any atom is 0.122 e. The van der Waals surface area contributed by atoms with E-state index in [0.717, 1.165) is 35.0 Å². The molecule has 0 aromatic heterocycles. The van der Waals surface area contributed by atoms with Gasteiger partial charge in [-0.05, 0) is 49.4 Å². The predicted molar refractivity (Wildman–Crippen MR) is 65.3 cm³/mol. The highest BCUT2D eigenvalue weighted by Gasteiger charge is 2.38. The highest BCUT2D eigenvalue weighted by molar-refractivity contribution is 9.10. The molecule has 1 aliphatic carbocycles. The maximum absolute atomic E-state index is 6.12. The van der Waals surface area contributed by atoms with Crippen LogP contribution in [0, 0.1) is 6.92 Å². The van der Waals surface area contributed by atoms with Gasteiger partial charge in [0.2, 0.25) is 0 Å². The number of hydrogen-bond acceptors (Lipinski definition) is 2. The zero-order chi connectivity index (χ0) is 11.1. The fourth-order valence-electron chi connectivity index (χ4n) is 1.77. The number of methoxy groups -OCH3 is 1. The number of nitrogens with two attached hydrogens (primary N) is 1. The molecule has 0 atom stereocenters. The van der Waals surface area contributed by atoms with Crippen molar-refractivity contribution in [3.63, 3.8) is 0 Å². The van der Waals surface area contributed by atoms with Crippen LogP contribution in [0.3, 0.4) is 0 Å². The Balaban J connectivity index is 2.29. The summed E-state index contributed by atoms with van der Waals surface area (Å²) in [6, 6.07) is 4.19. The molecule has 0 heterocycles. The normalized spacial score (nSPS) is 17.6. The number of benzene rings is 1. The van der Waals surface area contributed by atoms with Crippen LogP contribution in [0.1, 0.15) is 24.0 Å². The molecule has 3 heteroatoms. The molecule has 2 rings (SSSR count). The third-order valence-electron chi connectivity index (χ3n) is 3.00. The summed E-state index contributed by atoms with van der Waals surface area (Å²) in [6.45, 7) is 2.04. The van der Waals surface area contributed by atoms with Gasteiger partial charge < -0.3 is 10.5 Å². The van der Waals surface area contributed by atoms with E-state index in [2.05, 4.69) is 28.1 Å². The lowest BCUT2D eigenvalue weighted by atomic mass is 10.0. The number of rotatable bonds is 3. The van der Waals surface area contributed by atoms with E-state index < -0.39 is 0 Å². The second kappa shape index (κ2) is 3.80.